The van der Waals surface area contributed by atoms with Crippen LogP contribution in [0.5, 0.6) is 0 Å². The number of likely N-dealkylation sites (tertiary alicyclic amines) is 1. The first kappa shape index (κ1) is 18.4. The van der Waals surface area contributed by atoms with Gasteiger partial charge in [0, 0.05) is 49.4 Å². The first-order valence-electron chi connectivity index (χ1n) is 8.98. The molecule has 0 saturated carbocycles. The number of fused-ring (bicyclic) bond motifs is 1. The summed E-state index contributed by atoms with van der Waals surface area (Å²) < 4.78 is 26.6. The molecule has 4 rings (SSSR count). The highest BCUT2D eigenvalue weighted by molar-refractivity contribution is 5.91. The number of nitrogens with zero attached hydrogens (tertiary/aromatic N) is 1. The largest absolute Gasteiger partial charge is 0.364 e. The van der Waals surface area contributed by atoms with E-state index < -0.39 is 17.4 Å². The minimum absolute atomic E-state index is 0.0701. The van der Waals surface area contributed by atoms with E-state index in [1.165, 1.54) is 6.07 Å². The molecule has 4 N–H and O–H groups in total. The van der Waals surface area contributed by atoms with E-state index in [2.05, 4.69) is 16.0 Å². The summed E-state index contributed by atoms with van der Waals surface area (Å²) in [6.45, 7) is 1.36. The summed E-state index contributed by atoms with van der Waals surface area (Å²) in [4.78, 5) is 31.0. The number of nitrogens with two attached hydrogens (primary N) is 1. The molecule has 0 unspecified atom stereocenters. The quantitative estimate of drug-likeness (QED) is 0.644. The van der Waals surface area contributed by atoms with Crippen molar-refractivity contribution in [1.29, 1.82) is 0 Å². The summed E-state index contributed by atoms with van der Waals surface area (Å²) in [5, 5.41) is 0.910. The Morgan fingerprint density at radius 3 is 2.64 bits per heavy atom. The first-order chi connectivity index (χ1) is 13.3. The van der Waals surface area contributed by atoms with E-state index in [-0.39, 0.29) is 18.5 Å². The third-order valence-electron chi connectivity index (χ3n) is 5.06. The third kappa shape index (κ3) is 3.68. The Labute approximate surface area is 159 Å². The van der Waals surface area contributed by atoms with Gasteiger partial charge in [-0.2, -0.15) is 0 Å². The number of primary amides is 1. The van der Waals surface area contributed by atoms with Crippen LogP contribution in [0.3, 0.4) is 0 Å². The summed E-state index contributed by atoms with van der Waals surface area (Å²) in [5.74, 6) is -3.30. The average Bonchev–Trinajstić information content (AvgIpc) is 3.06. The Bertz CT molecular complexity index is 1090. The Kier molecular flexibility index (Phi) is 4.50. The molecule has 1 amide bonds. The molecule has 3 heterocycles. The van der Waals surface area contributed by atoms with Crippen LogP contribution in [0.15, 0.2) is 35.1 Å². The normalized spacial score (nSPS) is 17.1. The van der Waals surface area contributed by atoms with Gasteiger partial charge in [-0.3, -0.25) is 14.5 Å². The van der Waals surface area contributed by atoms with Gasteiger partial charge < -0.3 is 15.7 Å². The fraction of sp³-hybridized carbons (Fsp3) is 0.300. The molecule has 0 bridgehead atoms. The second-order valence-corrected chi connectivity index (χ2v) is 7.13. The number of alkyl halides is 2. The number of hydrogen-bond donors (Lipinski definition) is 3. The SMILES string of the molecule is NC(=O)c1[c]cc(-c2cc3cc(CN4CCC(F)(F)CC4)ccc3[nH]2)c(=O)[nH]1. The predicted molar refractivity (Wildman–Crippen MR) is 101 cm³/mol. The molecule has 1 aromatic carbocycles. The molecule has 145 valence electrons. The Balaban J connectivity index is 1.57. The number of aromatic amines is 2. The molecule has 8 heteroatoms. The summed E-state index contributed by atoms with van der Waals surface area (Å²) in [6.07, 6.45) is -0.214. The topological polar surface area (TPSA) is 95.0 Å². The zero-order valence-electron chi connectivity index (χ0n) is 15.0. The van der Waals surface area contributed by atoms with E-state index in [4.69, 9.17) is 5.73 Å². The van der Waals surface area contributed by atoms with Gasteiger partial charge in [0.1, 0.15) is 5.69 Å². The van der Waals surface area contributed by atoms with Gasteiger partial charge in [0.15, 0.2) is 0 Å². The lowest BCUT2D eigenvalue weighted by Gasteiger charge is -2.31. The first-order valence-corrected chi connectivity index (χ1v) is 8.98. The third-order valence-corrected chi connectivity index (χ3v) is 5.06. The molecule has 1 saturated heterocycles. The lowest BCUT2D eigenvalue weighted by molar-refractivity contribution is -0.0566. The standard InChI is InChI=1S/C20H19F2N4O2/c21-20(22)5-7-26(8-6-20)11-12-1-3-15-13(9-12)10-17(24-15)14-2-4-16(18(23)27)25-19(14)28/h1-3,9-10,24H,5-8,11H2,(H2,23,27)(H,25,28). The second kappa shape index (κ2) is 6.87. The molecule has 1 fully saturated rings. The molecule has 0 atom stereocenters. The molecule has 6 nitrogen and oxygen atoms in total. The maximum Gasteiger partial charge on any atom is 0.265 e. The van der Waals surface area contributed by atoms with Crippen molar-refractivity contribution < 1.29 is 13.6 Å². The zero-order chi connectivity index (χ0) is 19.9. The number of carbonyl (C=O) groups excluding carboxylic acids is 1. The molecule has 28 heavy (non-hydrogen) atoms. The van der Waals surface area contributed by atoms with Crippen LogP contribution in [0.25, 0.3) is 22.2 Å². The van der Waals surface area contributed by atoms with E-state index in [9.17, 15) is 18.4 Å². The smallest absolute Gasteiger partial charge is 0.265 e. The van der Waals surface area contributed by atoms with E-state index in [1.54, 1.807) is 0 Å². The molecule has 1 radical (unpaired) electrons. The second-order valence-electron chi connectivity index (χ2n) is 7.13. The van der Waals surface area contributed by atoms with Crippen LogP contribution < -0.4 is 11.3 Å². The van der Waals surface area contributed by atoms with Crippen LogP contribution in [0.2, 0.25) is 0 Å². The van der Waals surface area contributed by atoms with Crippen molar-refractivity contribution in [3.8, 4) is 11.3 Å². The van der Waals surface area contributed by atoms with Crippen molar-refractivity contribution >= 4 is 16.8 Å². The van der Waals surface area contributed by atoms with Gasteiger partial charge in [-0.05, 0) is 29.8 Å². The van der Waals surface area contributed by atoms with Gasteiger partial charge in [0.2, 0.25) is 0 Å². The van der Waals surface area contributed by atoms with Crippen LogP contribution >= 0.6 is 0 Å². The number of hydrogen-bond acceptors (Lipinski definition) is 3. The summed E-state index contributed by atoms with van der Waals surface area (Å²) >= 11 is 0. The number of carbonyl (C=O) groups is 1. The Hall–Kier alpha value is -3.00. The van der Waals surface area contributed by atoms with E-state index in [0.29, 0.717) is 30.9 Å². The fourth-order valence-corrected chi connectivity index (χ4v) is 3.48. The number of piperidine rings is 1. The maximum atomic E-state index is 13.3. The number of aromatic nitrogens is 2. The van der Waals surface area contributed by atoms with Gasteiger partial charge in [-0.1, -0.05) is 6.07 Å². The van der Waals surface area contributed by atoms with Crippen LogP contribution in [0, 0.1) is 6.07 Å². The van der Waals surface area contributed by atoms with Crippen LogP contribution in [-0.4, -0.2) is 39.8 Å². The van der Waals surface area contributed by atoms with Gasteiger partial charge >= 0.3 is 0 Å². The van der Waals surface area contributed by atoms with E-state index in [1.807, 2.05) is 29.2 Å². The monoisotopic (exact) mass is 385 g/mol. The molecule has 0 aliphatic carbocycles. The minimum Gasteiger partial charge on any atom is -0.364 e. The minimum atomic E-state index is -2.55. The van der Waals surface area contributed by atoms with Crippen molar-refractivity contribution in [3.63, 3.8) is 0 Å². The van der Waals surface area contributed by atoms with E-state index in [0.717, 1.165) is 16.5 Å². The van der Waals surface area contributed by atoms with Crippen molar-refractivity contribution in [2.75, 3.05) is 13.1 Å². The molecule has 0 spiro atoms. The average molecular weight is 385 g/mol. The highest BCUT2D eigenvalue weighted by Crippen LogP contribution is 2.29. The molecule has 1 aliphatic heterocycles. The number of pyridine rings is 1. The van der Waals surface area contributed by atoms with Crippen molar-refractivity contribution in [1.82, 2.24) is 14.9 Å². The van der Waals surface area contributed by atoms with Crippen LogP contribution in [-0.2, 0) is 6.54 Å². The molecular formula is C20H19F2N4O2. The number of nitrogens with one attached hydrogen (secondary N) is 2. The zero-order valence-corrected chi connectivity index (χ0v) is 15.0. The predicted octanol–water partition coefficient (Wildman–Crippen LogP) is 2.65. The van der Waals surface area contributed by atoms with Crippen LogP contribution in [0.1, 0.15) is 28.9 Å². The highest BCUT2D eigenvalue weighted by atomic mass is 19.3. The molecule has 3 aromatic rings. The number of H-pyrrole nitrogens is 2. The summed E-state index contributed by atoms with van der Waals surface area (Å²) in [5.41, 5.74) is 7.45. The molecular weight excluding hydrogens is 366 g/mol. The number of amides is 1. The number of rotatable bonds is 4. The molecule has 1 aliphatic rings. The van der Waals surface area contributed by atoms with Crippen molar-refractivity contribution in [2.45, 2.75) is 25.3 Å². The van der Waals surface area contributed by atoms with Gasteiger partial charge in [0.05, 0.1) is 11.3 Å². The van der Waals surface area contributed by atoms with Crippen molar-refractivity contribution in [2.24, 2.45) is 5.73 Å². The lowest BCUT2D eigenvalue weighted by atomic mass is 10.1. The Morgan fingerprint density at radius 1 is 1.21 bits per heavy atom. The number of benzene rings is 1. The molecule has 2 aromatic heterocycles. The van der Waals surface area contributed by atoms with Gasteiger partial charge in [0.25, 0.3) is 17.4 Å². The lowest BCUT2D eigenvalue weighted by Crippen LogP contribution is -2.38. The van der Waals surface area contributed by atoms with Gasteiger partial charge in [-0.25, -0.2) is 8.78 Å². The Morgan fingerprint density at radius 2 is 1.96 bits per heavy atom. The highest BCUT2D eigenvalue weighted by Gasteiger charge is 2.33. The fourth-order valence-electron chi connectivity index (χ4n) is 3.48. The van der Waals surface area contributed by atoms with Crippen molar-refractivity contribution in [3.05, 3.63) is 58.0 Å². The summed E-state index contributed by atoms with van der Waals surface area (Å²) in [6, 6.07) is 11.8. The van der Waals surface area contributed by atoms with Gasteiger partial charge in [-0.15, -0.1) is 0 Å². The number of halogens is 2. The van der Waals surface area contributed by atoms with E-state index >= 15 is 0 Å². The maximum absolute atomic E-state index is 13.3. The van der Waals surface area contributed by atoms with Crippen LogP contribution in [0.4, 0.5) is 8.78 Å². The summed E-state index contributed by atoms with van der Waals surface area (Å²) in [7, 11) is 0.